The van der Waals surface area contributed by atoms with Gasteiger partial charge in [-0.25, -0.2) is 4.79 Å². The second-order valence-electron chi connectivity index (χ2n) is 2.91. The molecule has 0 fully saturated rings. The van der Waals surface area contributed by atoms with Crippen molar-refractivity contribution in [2.75, 3.05) is 0 Å². The van der Waals surface area contributed by atoms with E-state index in [1.54, 1.807) is 0 Å². The van der Waals surface area contributed by atoms with Crippen molar-refractivity contribution in [1.82, 2.24) is 0 Å². The van der Waals surface area contributed by atoms with Crippen molar-refractivity contribution in [3.63, 3.8) is 0 Å². The molecule has 0 atom stereocenters. The quantitative estimate of drug-likeness (QED) is 0.515. The first-order chi connectivity index (χ1) is 7.78. The lowest BCUT2D eigenvalue weighted by molar-refractivity contribution is -0.134. The summed E-state index contributed by atoms with van der Waals surface area (Å²) >= 11 is -0.296. The van der Waals surface area contributed by atoms with Gasteiger partial charge in [0, 0.05) is 4.90 Å². The van der Waals surface area contributed by atoms with E-state index in [1.807, 2.05) is 0 Å². The molecular formula is C10H6F4O2S. The Hall–Kier alpha value is -1.50. The average molecular weight is 266 g/mol. The molecule has 0 heterocycles. The van der Waals surface area contributed by atoms with Crippen LogP contribution in [0.15, 0.2) is 35.0 Å². The number of hydrogen-bond acceptors (Lipinski definition) is 2. The van der Waals surface area contributed by atoms with Gasteiger partial charge in [-0.15, -0.1) is 0 Å². The van der Waals surface area contributed by atoms with Crippen LogP contribution in [0.25, 0.3) is 6.08 Å². The number of carboxylic acids is 1. The van der Waals surface area contributed by atoms with Gasteiger partial charge in [-0.05, 0) is 35.5 Å². The summed E-state index contributed by atoms with van der Waals surface area (Å²) in [5.41, 5.74) is -4.21. The predicted molar refractivity (Wildman–Crippen MR) is 55.1 cm³/mol. The monoisotopic (exact) mass is 266 g/mol. The van der Waals surface area contributed by atoms with Crippen LogP contribution in [0, 0.1) is 0 Å². The lowest BCUT2D eigenvalue weighted by Crippen LogP contribution is -1.98. The van der Waals surface area contributed by atoms with E-state index in [0.717, 1.165) is 18.2 Å². The molecular weight excluding hydrogens is 260 g/mol. The molecule has 0 unspecified atom stereocenters. The Morgan fingerprint density at radius 3 is 2.18 bits per heavy atom. The van der Waals surface area contributed by atoms with E-state index >= 15 is 0 Å². The highest BCUT2D eigenvalue weighted by atomic mass is 32.2. The van der Waals surface area contributed by atoms with Crippen LogP contribution >= 0.6 is 11.8 Å². The van der Waals surface area contributed by atoms with Gasteiger partial charge in [0.05, 0.1) is 0 Å². The van der Waals surface area contributed by atoms with Crippen LogP contribution in [0.2, 0.25) is 0 Å². The van der Waals surface area contributed by atoms with Crippen LogP contribution < -0.4 is 0 Å². The van der Waals surface area contributed by atoms with E-state index in [0.29, 0.717) is 0 Å². The summed E-state index contributed by atoms with van der Waals surface area (Å²) in [4.78, 5) is 10.1. The van der Waals surface area contributed by atoms with Crippen LogP contribution in [-0.4, -0.2) is 16.6 Å². The summed E-state index contributed by atoms with van der Waals surface area (Å²) in [6.45, 7) is 0. The van der Waals surface area contributed by atoms with E-state index < -0.39 is 17.3 Å². The lowest BCUT2D eigenvalue weighted by Gasteiger charge is -2.05. The normalized spacial score (nSPS) is 12.6. The Bertz CT molecular complexity index is 437. The summed E-state index contributed by atoms with van der Waals surface area (Å²) in [6.07, 6.45) is 0.727. The Balaban J connectivity index is 2.82. The fourth-order valence-electron chi connectivity index (χ4n) is 0.974. The molecule has 17 heavy (non-hydrogen) atoms. The molecule has 7 heteroatoms. The Kier molecular flexibility index (Phi) is 4.17. The lowest BCUT2D eigenvalue weighted by atomic mass is 10.2. The zero-order valence-corrected chi connectivity index (χ0v) is 8.98. The maximum atomic E-state index is 12.7. The molecule has 1 N–H and O–H groups in total. The first kappa shape index (κ1) is 13.6. The molecule has 0 spiro atoms. The van der Waals surface area contributed by atoms with Crippen molar-refractivity contribution in [2.24, 2.45) is 0 Å². The first-order valence-corrected chi connectivity index (χ1v) is 5.06. The number of hydrogen-bond donors (Lipinski definition) is 1. The summed E-state index contributed by atoms with van der Waals surface area (Å²) in [6, 6.07) is 4.69. The molecule has 0 bridgehead atoms. The molecule has 1 aromatic rings. The molecule has 2 nitrogen and oxygen atoms in total. The zero-order valence-electron chi connectivity index (χ0n) is 8.16. The summed E-state index contributed by atoms with van der Waals surface area (Å²) in [5.74, 6) is -3.10. The number of benzene rings is 1. The average Bonchev–Trinajstić information content (AvgIpc) is 2.18. The Labute approximate surface area is 97.9 Å². The molecule has 1 rings (SSSR count). The zero-order chi connectivity index (χ0) is 13.1. The van der Waals surface area contributed by atoms with Crippen molar-refractivity contribution in [3.05, 3.63) is 35.7 Å². The topological polar surface area (TPSA) is 37.3 Å². The third-order valence-electron chi connectivity index (χ3n) is 1.61. The minimum atomic E-state index is -4.39. The molecule has 0 radical (unpaired) electrons. The molecule has 0 aliphatic rings. The van der Waals surface area contributed by atoms with Crippen LogP contribution in [0.5, 0.6) is 0 Å². The van der Waals surface area contributed by atoms with Gasteiger partial charge in [0.15, 0.2) is 0 Å². The van der Waals surface area contributed by atoms with Gasteiger partial charge in [0.25, 0.3) is 0 Å². The SMILES string of the molecule is O=C(O)C(F)=Cc1ccc(SC(F)(F)F)cc1. The minimum absolute atomic E-state index is 0.0506. The van der Waals surface area contributed by atoms with E-state index in [4.69, 9.17) is 5.11 Å². The number of carbonyl (C=O) groups is 1. The maximum absolute atomic E-state index is 12.7. The fraction of sp³-hybridized carbons (Fsp3) is 0.100. The van der Waals surface area contributed by atoms with E-state index in [-0.39, 0.29) is 22.2 Å². The molecule has 0 amide bonds. The highest BCUT2D eigenvalue weighted by Crippen LogP contribution is 2.36. The molecule has 0 saturated heterocycles. The predicted octanol–water partition coefficient (Wildman–Crippen LogP) is 3.69. The summed E-state index contributed by atoms with van der Waals surface area (Å²) in [7, 11) is 0. The van der Waals surface area contributed by atoms with Gasteiger partial charge in [-0.2, -0.15) is 17.6 Å². The highest BCUT2D eigenvalue weighted by Gasteiger charge is 2.28. The van der Waals surface area contributed by atoms with Crippen molar-refractivity contribution >= 4 is 23.8 Å². The molecule has 92 valence electrons. The number of thioether (sulfide) groups is 1. The third kappa shape index (κ3) is 4.90. The van der Waals surface area contributed by atoms with Gasteiger partial charge >= 0.3 is 11.5 Å². The van der Waals surface area contributed by atoms with Gasteiger partial charge in [-0.3, -0.25) is 0 Å². The summed E-state index contributed by atoms with van der Waals surface area (Å²) in [5, 5.41) is 8.25. The molecule has 0 aliphatic carbocycles. The van der Waals surface area contributed by atoms with Crippen LogP contribution in [0.3, 0.4) is 0 Å². The van der Waals surface area contributed by atoms with E-state index in [1.165, 1.54) is 12.1 Å². The highest BCUT2D eigenvalue weighted by molar-refractivity contribution is 8.00. The second-order valence-corrected chi connectivity index (χ2v) is 4.05. The number of alkyl halides is 3. The van der Waals surface area contributed by atoms with Crippen molar-refractivity contribution in [3.8, 4) is 0 Å². The van der Waals surface area contributed by atoms with Crippen molar-refractivity contribution < 1.29 is 27.5 Å². The van der Waals surface area contributed by atoms with Crippen molar-refractivity contribution in [1.29, 1.82) is 0 Å². The Morgan fingerprint density at radius 2 is 1.76 bits per heavy atom. The van der Waals surface area contributed by atoms with Gasteiger partial charge in [0.2, 0.25) is 5.83 Å². The largest absolute Gasteiger partial charge is 0.476 e. The first-order valence-electron chi connectivity index (χ1n) is 4.24. The number of carboxylic acid groups (broad SMARTS) is 1. The maximum Gasteiger partial charge on any atom is 0.446 e. The van der Waals surface area contributed by atoms with Gasteiger partial charge in [0.1, 0.15) is 0 Å². The Morgan fingerprint density at radius 1 is 1.24 bits per heavy atom. The third-order valence-corrected chi connectivity index (χ3v) is 2.35. The molecule has 1 aromatic carbocycles. The fourth-order valence-corrected chi connectivity index (χ4v) is 1.51. The van der Waals surface area contributed by atoms with Gasteiger partial charge in [-0.1, -0.05) is 12.1 Å². The molecule has 0 aromatic heterocycles. The standard InChI is InChI=1S/C10H6F4O2S/c11-8(9(15)16)5-6-1-3-7(4-2-6)17-10(12,13)14/h1-5H,(H,15,16). The van der Waals surface area contributed by atoms with Crippen LogP contribution in [0.4, 0.5) is 17.6 Å². The van der Waals surface area contributed by atoms with Gasteiger partial charge < -0.3 is 5.11 Å². The van der Waals surface area contributed by atoms with Crippen molar-refractivity contribution in [2.45, 2.75) is 10.4 Å². The number of rotatable bonds is 3. The second kappa shape index (κ2) is 5.22. The van der Waals surface area contributed by atoms with Crippen LogP contribution in [0.1, 0.15) is 5.56 Å². The number of aliphatic carboxylic acids is 1. The number of halogens is 4. The smallest absolute Gasteiger partial charge is 0.446 e. The van der Waals surface area contributed by atoms with E-state index in [2.05, 4.69) is 0 Å². The molecule has 0 aliphatic heterocycles. The molecule has 0 saturated carbocycles. The van der Waals surface area contributed by atoms with Crippen LogP contribution in [-0.2, 0) is 4.79 Å². The minimum Gasteiger partial charge on any atom is -0.476 e. The van der Waals surface area contributed by atoms with E-state index in [9.17, 15) is 22.4 Å². The summed E-state index contributed by atoms with van der Waals surface area (Å²) < 4.78 is 48.6.